The molecule has 1 saturated carbocycles. The predicted octanol–water partition coefficient (Wildman–Crippen LogP) is 2.27. The van der Waals surface area contributed by atoms with Gasteiger partial charge < -0.3 is 10.2 Å². The second-order valence-corrected chi connectivity index (χ2v) is 7.88. The Hall–Kier alpha value is -0.570. The zero-order chi connectivity index (χ0) is 13.6. The van der Waals surface area contributed by atoms with E-state index in [1.807, 2.05) is 0 Å². The number of nitrogens with one attached hydrogen (secondary N) is 1. The van der Waals surface area contributed by atoms with E-state index in [1.165, 1.54) is 25.7 Å². The van der Waals surface area contributed by atoms with Gasteiger partial charge in [0.15, 0.2) is 0 Å². The number of hydrogen-bond acceptors (Lipinski definition) is 2. The molecule has 0 radical (unpaired) electrons. The number of carbonyl (C=O) groups excluding carboxylic acids is 1. The highest BCUT2D eigenvalue weighted by Gasteiger charge is 2.45. The Morgan fingerprint density at radius 1 is 1.21 bits per heavy atom. The summed E-state index contributed by atoms with van der Waals surface area (Å²) in [7, 11) is 0. The largest absolute Gasteiger partial charge is 0.341 e. The number of carbonyl (C=O) groups is 1. The van der Waals surface area contributed by atoms with Crippen LogP contribution in [0.5, 0.6) is 0 Å². The maximum atomic E-state index is 12.7. The van der Waals surface area contributed by atoms with Gasteiger partial charge in [0.05, 0.1) is 6.04 Å². The van der Waals surface area contributed by atoms with E-state index in [1.54, 1.807) is 0 Å². The minimum absolute atomic E-state index is 0.131. The van der Waals surface area contributed by atoms with E-state index >= 15 is 0 Å². The average molecular weight is 264 g/mol. The Kier molecular flexibility index (Phi) is 3.36. The SMILES string of the molecule is CC(C)(C)C1CCN(C(=O)C2NCC3CCCC32)C1. The van der Waals surface area contributed by atoms with Crippen molar-refractivity contribution in [2.75, 3.05) is 19.6 Å². The molecule has 0 aromatic rings. The second-order valence-electron chi connectivity index (χ2n) is 7.88. The van der Waals surface area contributed by atoms with Gasteiger partial charge in [0.2, 0.25) is 5.91 Å². The van der Waals surface area contributed by atoms with E-state index in [4.69, 9.17) is 0 Å². The van der Waals surface area contributed by atoms with Crippen molar-refractivity contribution >= 4 is 5.91 Å². The van der Waals surface area contributed by atoms with Crippen LogP contribution in [-0.2, 0) is 4.79 Å². The highest BCUT2D eigenvalue weighted by Crippen LogP contribution is 2.39. The molecule has 108 valence electrons. The van der Waals surface area contributed by atoms with Gasteiger partial charge in [-0.05, 0) is 49.0 Å². The zero-order valence-corrected chi connectivity index (χ0v) is 12.6. The maximum Gasteiger partial charge on any atom is 0.240 e. The lowest BCUT2D eigenvalue weighted by molar-refractivity contribution is -0.133. The van der Waals surface area contributed by atoms with E-state index in [0.29, 0.717) is 23.2 Å². The van der Waals surface area contributed by atoms with Gasteiger partial charge in [-0.3, -0.25) is 4.79 Å². The molecule has 1 N–H and O–H groups in total. The van der Waals surface area contributed by atoms with Crippen LogP contribution in [0.1, 0.15) is 46.5 Å². The highest BCUT2D eigenvalue weighted by molar-refractivity contribution is 5.83. The third-order valence-electron chi connectivity index (χ3n) is 5.74. The molecule has 3 nitrogen and oxygen atoms in total. The summed E-state index contributed by atoms with van der Waals surface area (Å²) in [5.74, 6) is 2.45. The van der Waals surface area contributed by atoms with E-state index < -0.39 is 0 Å². The maximum absolute atomic E-state index is 12.7. The minimum Gasteiger partial charge on any atom is -0.341 e. The number of hydrogen-bond donors (Lipinski definition) is 1. The quantitative estimate of drug-likeness (QED) is 0.788. The Morgan fingerprint density at radius 3 is 2.68 bits per heavy atom. The van der Waals surface area contributed by atoms with Crippen LogP contribution in [0, 0.1) is 23.2 Å². The first-order valence-electron chi connectivity index (χ1n) is 7.99. The molecule has 2 saturated heterocycles. The predicted molar refractivity (Wildman–Crippen MR) is 76.8 cm³/mol. The van der Waals surface area contributed by atoms with Gasteiger partial charge in [-0.1, -0.05) is 27.2 Å². The first kappa shape index (κ1) is 13.4. The van der Waals surface area contributed by atoms with Crippen molar-refractivity contribution in [1.29, 1.82) is 0 Å². The van der Waals surface area contributed by atoms with Crippen LogP contribution >= 0.6 is 0 Å². The molecule has 0 spiro atoms. The van der Waals surface area contributed by atoms with Gasteiger partial charge in [0.1, 0.15) is 0 Å². The van der Waals surface area contributed by atoms with E-state index in [0.717, 1.165) is 25.6 Å². The standard InChI is InChI=1S/C16H28N2O/c1-16(2,3)12-7-8-18(10-12)15(19)14-13-6-4-5-11(13)9-17-14/h11-14,17H,4-10H2,1-3H3. The van der Waals surface area contributed by atoms with Crippen molar-refractivity contribution in [2.45, 2.75) is 52.5 Å². The van der Waals surface area contributed by atoms with Gasteiger partial charge >= 0.3 is 0 Å². The molecular weight excluding hydrogens is 236 g/mol. The van der Waals surface area contributed by atoms with Gasteiger partial charge in [0, 0.05) is 13.1 Å². The first-order valence-corrected chi connectivity index (χ1v) is 7.99. The van der Waals surface area contributed by atoms with Crippen LogP contribution in [0.25, 0.3) is 0 Å². The summed E-state index contributed by atoms with van der Waals surface area (Å²) in [4.78, 5) is 14.9. The molecule has 3 heteroatoms. The summed E-state index contributed by atoms with van der Waals surface area (Å²) in [6, 6.07) is 0.131. The van der Waals surface area contributed by atoms with Crippen LogP contribution in [0.3, 0.4) is 0 Å². The molecule has 1 amide bonds. The van der Waals surface area contributed by atoms with Crippen molar-refractivity contribution in [3.05, 3.63) is 0 Å². The highest BCUT2D eigenvalue weighted by atomic mass is 16.2. The fourth-order valence-corrected chi connectivity index (χ4v) is 4.32. The van der Waals surface area contributed by atoms with Crippen molar-refractivity contribution in [3.8, 4) is 0 Å². The van der Waals surface area contributed by atoms with E-state index in [9.17, 15) is 4.79 Å². The third-order valence-corrected chi connectivity index (χ3v) is 5.74. The molecule has 4 unspecified atom stereocenters. The molecular formula is C16H28N2O. The molecule has 2 heterocycles. The number of rotatable bonds is 1. The second kappa shape index (κ2) is 4.76. The normalized spacial score (nSPS) is 38.8. The first-order chi connectivity index (χ1) is 8.97. The molecule has 3 rings (SSSR count). The van der Waals surface area contributed by atoms with Gasteiger partial charge in [-0.2, -0.15) is 0 Å². The molecule has 3 fully saturated rings. The number of likely N-dealkylation sites (tertiary alicyclic amines) is 1. The lowest BCUT2D eigenvalue weighted by Crippen LogP contribution is -2.45. The molecule has 3 aliphatic rings. The van der Waals surface area contributed by atoms with Crippen LogP contribution in [0.4, 0.5) is 0 Å². The minimum atomic E-state index is 0.131. The molecule has 19 heavy (non-hydrogen) atoms. The number of nitrogens with zero attached hydrogens (tertiary/aromatic N) is 1. The average Bonchev–Trinajstić information content (AvgIpc) is 3.03. The molecule has 1 aliphatic carbocycles. The summed E-state index contributed by atoms with van der Waals surface area (Å²) in [6.07, 6.45) is 5.08. The summed E-state index contributed by atoms with van der Waals surface area (Å²) in [5, 5.41) is 3.50. The fraction of sp³-hybridized carbons (Fsp3) is 0.938. The Morgan fingerprint density at radius 2 is 2.00 bits per heavy atom. The van der Waals surface area contributed by atoms with Crippen molar-refractivity contribution in [3.63, 3.8) is 0 Å². The van der Waals surface area contributed by atoms with Crippen LogP contribution in [0.15, 0.2) is 0 Å². The lowest BCUT2D eigenvalue weighted by atomic mass is 9.80. The third kappa shape index (κ3) is 2.42. The summed E-state index contributed by atoms with van der Waals surface area (Å²) < 4.78 is 0. The Balaban J connectivity index is 1.63. The monoisotopic (exact) mass is 264 g/mol. The van der Waals surface area contributed by atoms with Gasteiger partial charge in [-0.15, -0.1) is 0 Å². The molecule has 0 aromatic carbocycles. The topological polar surface area (TPSA) is 32.3 Å². The van der Waals surface area contributed by atoms with Crippen molar-refractivity contribution in [1.82, 2.24) is 10.2 Å². The number of fused-ring (bicyclic) bond motifs is 1. The van der Waals surface area contributed by atoms with Crippen molar-refractivity contribution in [2.24, 2.45) is 23.2 Å². The Labute approximate surface area is 117 Å². The van der Waals surface area contributed by atoms with Gasteiger partial charge in [-0.25, -0.2) is 0 Å². The van der Waals surface area contributed by atoms with Crippen LogP contribution in [0.2, 0.25) is 0 Å². The molecule has 0 aromatic heterocycles. The molecule has 0 bridgehead atoms. The fourth-order valence-electron chi connectivity index (χ4n) is 4.32. The smallest absolute Gasteiger partial charge is 0.240 e. The summed E-state index contributed by atoms with van der Waals surface area (Å²) in [5.41, 5.74) is 0.327. The van der Waals surface area contributed by atoms with E-state index in [-0.39, 0.29) is 6.04 Å². The van der Waals surface area contributed by atoms with Crippen LogP contribution < -0.4 is 5.32 Å². The van der Waals surface area contributed by atoms with Crippen LogP contribution in [-0.4, -0.2) is 36.5 Å². The molecule has 4 atom stereocenters. The zero-order valence-electron chi connectivity index (χ0n) is 12.6. The molecule has 2 aliphatic heterocycles. The number of amides is 1. The Bertz CT molecular complexity index is 360. The summed E-state index contributed by atoms with van der Waals surface area (Å²) >= 11 is 0. The van der Waals surface area contributed by atoms with Gasteiger partial charge in [0.25, 0.3) is 0 Å². The lowest BCUT2D eigenvalue weighted by Gasteiger charge is -2.28. The van der Waals surface area contributed by atoms with E-state index in [2.05, 4.69) is 31.0 Å². The summed E-state index contributed by atoms with van der Waals surface area (Å²) in [6.45, 7) is 9.90. The van der Waals surface area contributed by atoms with Crippen molar-refractivity contribution < 1.29 is 4.79 Å².